The van der Waals surface area contributed by atoms with Gasteiger partial charge in [0.25, 0.3) is 0 Å². The third kappa shape index (κ3) is 6.05. The average molecular weight is 186 g/mol. The van der Waals surface area contributed by atoms with Gasteiger partial charge in [0.1, 0.15) is 0 Å². The van der Waals surface area contributed by atoms with Crippen molar-refractivity contribution in [1.29, 1.82) is 0 Å². The third-order valence-corrected chi connectivity index (χ3v) is 2.70. The molecule has 2 heteroatoms. The van der Waals surface area contributed by atoms with E-state index in [9.17, 15) is 0 Å². The van der Waals surface area contributed by atoms with Crippen LogP contribution in [0.25, 0.3) is 0 Å². The molecule has 1 fully saturated rings. The van der Waals surface area contributed by atoms with Gasteiger partial charge in [0.15, 0.2) is 0 Å². The molecule has 0 aliphatic heterocycles. The molecule has 2 N–H and O–H groups in total. The molecule has 1 rings (SSSR count). The number of rotatable bonds is 2. The first kappa shape index (κ1) is 12.9. The fraction of sp³-hybridized carbons (Fsp3) is 1.00. The molecule has 0 aromatic carbocycles. The Balaban J connectivity index is 0.000000424. The predicted molar refractivity (Wildman–Crippen MR) is 59.9 cm³/mol. The average Bonchev–Trinajstić information content (AvgIpc) is 2.19. The maximum Gasteiger partial charge on any atom is 0.00920 e. The summed E-state index contributed by atoms with van der Waals surface area (Å²) in [5.74, 6) is 0. The zero-order valence-corrected chi connectivity index (χ0v) is 9.55. The fourth-order valence-corrected chi connectivity index (χ4v) is 1.78. The molecule has 0 saturated heterocycles. The first-order valence-electron chi connectivity index (χ1n) is 5.66. The molecule has 2 nitrogen and oxygen atoms in total. The summed E-state index contributed by atoms with van der Waals surface area (Å²) in [6, 6.07) is 0.902. The molecule has 1 aliphatic rings. The molecule has 0 aromatic rings. The number of nitrogens with two attached hydrogens (primary N) is 1. The van der Waals surface area contributed by atoms with Crippen LogP contribution >= 0.6 is 0 Å². The van der Waals surface area contributed by atoms with E-state index < -0.39 is 0 Å². The van der Waals surface area contributed by atoms with E-state index in [1.807, 2.05) is 6.92 Å². The Bertz CT molecular complexity index is 98.3. The second-order valence-corrected chi connectivity index (χ2v) is 3.77. The summed E-state index contributed by atoms with van der Waals surface area (Å²) < 4.78 is 0. The molecule has 80 valence electrons. The van der Waals surface area contributed by atoms with Crippen LogP contribution < -0.4 is 5.73 Å². The number of nitrogens with zero attached hydrogens (tertiary/aromatic N) is 1. The quantitative estimate of drug-likeness (QED) is 0.716. The molecule has 1 saturated carbocycles. The SMILES string of the molecule is CCN.CCN(C)C1CCCCC1. The van der Waals surface area contributed by atoms with Crippen molar-refractivity contribution >= 4 is 0 Å². The molecule has 0 aromatic heterocycles. The molecule has 0 unspecified atom stereocenters. The fourth-order valence-electron chi connectivity index (χ4n) is 1.78. The van der Waals surface area contributed by atoms with Crippen LogP contribution in [-0.2, 0) is 0 Å². The van der Waals surface area contributed by atoms with Gasteiger partial charge in [-0.15, -0.1) is 0 Å². The van der Waals surface area contributed by atoms with E-state index in [1.54, 1.807) is 0 Å². The molecule has 0 spiro atoms. The summed E-state index contributed by atoms with van der Waals surface area (Å²) in [4.78, 5) is 2.49. The highest BCUT2D eigenvalue weighted by molar-refractivity contribution is 4.72. The van der Waals surface area contributed by atoms with Crippen LogP contribution in [0.15, 0.2) is 0 Å². The van der Waals surface area contributed by atoms with Gasteiger partial charge in [-0.2, -0.15) is 0 Å². The zero-order chi connectivity index (χ0) is 10.1. The largest absolute Gasteiger partial charge is 0.331 e. The molecule has 0 heterocycles. The summed E-state index contributed by atoms with van der Waals surface area (Å²) in [6.07, 6.45) is 7.24. The van der Waals surface area contributed by atoms with Crippen LogP contribution in [0.4, 0.5) is 0 Å². The van der Waals surface area contributed by atoms with Crippen molar-refractivity contribution in [2.24, 2.45) is 5.73 Å². The van der Waals surface area contributed by atoms with Crippen molar-refractivity contribution in [3.05, 3.63) is 0 Å². The summed E-state index contributed by atoms with van der Waals surface area (Å²) in [7, 11) is 2.25. The highest BCUT2D eigenvalue weighted by Gasteiger charge is 2.15. The first-order valence-corrected chi connectivity index (χ1v) is 5.66. The van der Waals surface area contributed by atoms with Gasteiger partial charge < -0.3 is 10.6 Å². The van der Waals surface area contributed by atoms with E-state index in [0.717, 1.165) is 12.6 Å². The molecule has 0 atom stereocenters. The second kappa shape index (κ2) is 8.52. The number of hydrogen-bond acceptors (Lipinski definition) is 2. The Labute approximate surface area is 83.5 Å². The lowest BCUT2D eigenvalue weighted by Gasteiger charge is -2.29. The summed E-state index contributed by atoms with van der Waals surface area (Å²) in [5.41, 5.74) is 4.85. The first-order chi connectivity index (χ1) is 6.26. The highest BCUT2D eigenvalue weighted by Crippen LogP contribution is 2.20. The molecule has 1 aliphatic carbocycles. The Hall–Kier alpha value is -0.0800. The van der Waals surface area contributed by atoms with Crippen molar-refractivity contribution in [3.8, 4) is 0 Å². The molecule has 0 radical (unpaired) electrons. The molecule has 0 bridgehead atoms. The van der Waals surface area contributed by atoms with Gasteiger partial charge in [-0.1, -0.05) is 33.1 Å². The van der Waals surface area contributed by atoms with E-state index in [1.165, 1.54) is 38.6 Å². The maximum absolute atomic E-state index is 4.85. The van der Waals surface area contributed by atoms with Crippen LogP contribution in [0.5, 0.6) is 0 Å². The predicted octanol–water partition coefficient (Wildman–Crippen LogP) is 2.24. The van der Waals surface area contributed by atoms with E-state index >= 15 is 0 Å². The Morgan fingerprint density at radius 2 is 1.62 bits per heavy atom. The Morgan fingerprint density at radius 3 is 2.00 bits per heavy atom. The molecular weight excluding hydrogens is 160 g/mol. The monoisotopic (exact) mass is 186 g/mol. The van der Waals surface area contributed by atoms with Crippen LogP contribution in [0.2, 0.25) is 0 Å². The summed E-state index contributed by atoms with van der Waals surface area (Å²) >= 11 is 0. The van der Waals surface area contributed by atoms with Crippen molar-refractivity contribution in [2.45, 2.75) is 52.0 Å². The minimum Gasteiger partial charge on any atom is -0.331 e. The van der Waals surface area contributed by atoms with Gasteiger partial charge in [0, 0.05) is 6.04 Å². The van der Waals surface area contributed by atoms with Crippen LogP contribution in [0, 0.1) is 0 Å². The zero-order valence-electron chi connectivity index (χ0n) is 9.55. The number of hydrogen-bond donors (Lipinski definition) is 1. The van der Waals surface area contributed by atoms with E-state index in [4.69, 9.17) is 5.73 Å². The van der Waals surface area contributed by atoms with Gasteiger partial charge in [-0.25, -0.2) is 0 Å². The van der Waals surface area contributed by atoms with Crippen LogP contribution in [0.3, 0.4) is 0 Å². The standard InChI is InChI=1S/C9H19N.C2H7N/c1-3-10(2)9-7-5-4-6-8-9;1-2-3/h9H,3-8H2,1-2H3;2-3H2,1H3. The smallest absolute Gasteiger partial charge is 0.00920 e. The van der Waals surface area contributed by atoms with Gasteiger partial charge in [0.05, 0.1) is 0 Å². The Kier molecular flexibility index (Phi) is 8.46. The van der Waals surface area contributed by atoms with E-state index in [0.29, 0.717) is 0 Å². The van der Waals surface area contributed by atoms with E-state index in [-0.39, 0.29) is 0 Å². The lowest BCUT2D eigenvalue weighted by atomic mass is 9.95. The highest BCUT2D eigenvalue weighted by atomic mass is 15.1. The second-order valence-electron chi connectivity index (χ2n) is 3.77. The Morgan fingerprint density at radius 1 is 1.15 bits per heavy atom. The van der Waals surface area contributed by atoms with Crippen LogP contribution in [0.1, 0.15) is 46.0 Å². The maximum atomic E-state index is 4.85. The van der Waals surface area contributed by atoms with Gasteiger partial charge in [-0.05, 0) is 33.0 Å². The summed E-state index contributed by atoms with van der Waals surface area (Å²) in [5, 5.41) is 0. The molecule has 13 heavy (non-hydrogen) atoms. The molecular formula is C11H26N2. The lowest BCUT2D eigenvalue weighted by molar-refractivity contribution is 0.200. The van der Waals surface area contributed by atoms with Crippen molar-refractivity contribution in [3.63, 3.8) is 0 Å². The third-order valence-electron chi connectivity index (χ3n) is 2.70. The van der Waals surface area contributed by atoms with Crippen molar-refractivity contribution in [1.82, 2.24) is 4.90 Å². The summed E-state index contributed by atoms with van der Waals surface area (Å²) in [6.45, 7) is 6.11. The van der Waals surface area contributed by atoms with Gasteiger partial charge in [0.2, 0.25) is 0 Å². The molecule has 0 amide bonds. The minimum absolute atomic E-state index is 0.750. The van der Waals surface area contributed by atoms with Crippen molar-refractivity contribution in [2.75, 3.05) is 20.1 Å². The van der Waals surface area contributed by atoms with Gasteiger partial charge in [-0.3, -0.25) is 0 Å². The van der Waals surface area contributed by atoms with E-state index in [2.05, 4.69) is 18.9 Å². The van der Waals surface area contributed by atoms with Crippen LogP contribution in [-0.4, -0.2) is 31.1 Å². The lowest BCUT2D eigenvalue weighted by Crippen LogP contribution is -2.32. The minimum atomic E-state index is 0.750. The normalized spacial score (nSPS) is 18.2. The van der Waals surface area contributed by atoms with Gasteiger partial charge >= 0.3 is 0 Å². The van der Waals surface area contributed by atoms with Crippen molar-refractivity contribution < 1.29 is 0 Å². The topological polar surface area (TPSA) is 29.3 Å².